The van der Waals surface area contributed by atoms with Crippen LogP contribution in [0.4, 0.5) is 5.82 Å². The second-order valence-electron chi connectivity index (χ2n) is 7.92. The van der Waals surface area contributed by atoms with Crippen molar-refractivity contribution >= 4 is 11.7 Å². The van der Waals surface area contributed by atoms with Crippen LogP contribution in [0.3, 0.4) is 0 Å². The van der Waals surface area contributed by atoms with Gasteiger partial charge in [-0.3, -0.25) is 4.79 Å². The van der Waals surface area contributed by atoms with Crippen LogP contribution in [-0.2, 0) is 0 Å². The van der Waals surface area contributed by atoms with E-state index in [1.165, 1.54) is 0 Å². The molecule has 0 spiro atoms. The summed E-state index contributed by atoms with van der Waals surface area (Å²) in [4.78, 5) is 21.1. The molecule has 2 atom stereocenters. The third-order valence-corrected chi connectivity index (χ3v) is 6.12. The van der Waals surface area contributed by atoms with E-state index in [4.69, 9.17) is 9.47 Å². The van der Waals surface area contributed by atoms with Crippen molar-refractivity contribution in [2.24, 2.45) is 0 Å². The molecular weight excluding hydrogens is 370 g/mol. The highest BCUT2D eigenvalue weighted by Gasteiger charge is 2.31. The highest BCUT2D eigenvalue weighted by molar-refractivity contribution is 5.95. The molecule has 3 aliphatic heterocycles. The van der Waals surface area contributed by atoms with Gasteiger partial charge in [-0.2, -0.15) is 0 Å². The van der Waals surface area contributed by atoms with Gasteiger partial charge in [0.05, 0.1) is 6.10 Å². The van der Waals surface area contributed by atoms with Crippen molar-refractivity contribution in [2.75, 3.05) is 37.9 Å². The molecule has 152 valence electrons. The summed E-state index contributed by atoms with van der Waals surface area (Å²) in [5.74, 6) is 2.35. The van der Waals surface area contributed by atoms with Crippen molar-refractivity contribution in [3.05, 3.63) is 47.7 Å². The maximum Gasteiger partial charge on any atom is 0.254 e. The lowest BCUT2D eigenvalue weighted by Crippen LogP contribution is -2.43. The number of amides is 1. The van der Waals surface area contributed by atoms with Crippen LogP contribution in [0.25, 0.3) is 0 Å². The number of aliphatic hydroxyl groups excluding tert-OH is 1. The quantitative estimate of drug-likeness (QED) is 0.860. The highest BCUT2D eigenvalue weighted by atomic mass is 16.7. The maximum absolute atomic E-state index is 12.7. The van der Waals surface area contributed by atoms with Crippen LogP contribution in [0.2, 0.25) is 0 Å². The van der Waals surface area contributed by atoms with Gasteiger partial charge in [-0.05, 0) is 49.1 Å². The number of benzene rings is 1. The van der Waals surface area contributed by atoms with Gasteiger partial charge in [0.15, 0.2) is 11.5 Å². The molecule has 1 N–H and O–H groups in total. The van der Waals surface area contributed by atoms with E-state index in [0.717, 1.165) is 61.8 Å². The maximum atomic E-state index is 12.7. The summed E-state index contributed by atoms with van der Waals surface area (Å²) in [5, 5.41) is 10.8. The van der Waals surface area contributed by atoms with Crippen molar-refractivity contribution in [3.8, 4) is 11.5 Å². The van der Waals surface area contributed by atoms with Crippen LogP contribution in [0, 0.1) is 0 Å². The molecule has 5 rings (SSSR count). The van der Waals surface area contributed by atoms with Crippen LogP contribution >= 0.6 is 0 Å². The van der Waals surface area contributed by atoms with Gasteiger partial charge in [0, 0.05) is 43.9 Å². The molecule has 1 amide bonds. The molecular formula is C22H25N3O4. The lowest BCUT2D eigenvalue weighted by Gasteiger charge is -2.37. The van der Waals surface area contributed by atoms with E-state index >= 15 is 0 Å². The molecule has 2 fully saturated rings. The third-order valence-electron chi connectivity index (χ3n) is 6.12. The first-order valence-corrected chi connectivity index (χ1v) is 10.3. The molecule has 0 unspecified atom stereocenters. The molecule has 1 aromatic carbocycles. The Morgan fingerprint density at radius 3 is 2.72 bits per heavy atom. The van der Waals surface area contributed by atoms with Crippen LogP contribution in [0.5, 0.6) is 11.5 Å². The number of hydrogen-bond acceptors (Lipinski definition) is 6. The number of piperidine rings is 1. The van der Waals surface area contributed by atoms with Gasteiger partial charge in [0.1, 0.15) is 5.82 Å². The van der Waals surface area contributed by atoms with Crippen molar-refractivity contribution < 1.29 is 19.4 Å². The lowest BCUT2D eigenvalue weighted by atomic mass is 9.87. The molecule has 3 aliphatic rings. The minimum Gasteiger partial charge on any atom is -0.454 e. The number of nitrogens with zero attached hydrogens (tertiary/aromatic N) is 3. The van der Waals surface area contributed by atoms with Gasteiger partial charge >= 0.3 is 0 Å². The predicted molar refractivity (Wildman–Crippen MR) is 108 cm³/mol. The second kappa shape index (κ2) is 7.55. The fourth-order valence-electron chi connectivity index (χ4n) is 4.50. The normalized spacial score (nSPS) is 23.5. The Bertz CT molecular complexity index is 913. The average Bonchev–Trinajstić information content (AvgIpc) is 3.44. The third kappa shape index (κ3) is 3.51. The van der Waals surface area contributed by atoms with Gasteiger partial charge in [-0.1, -0.05) is 6.07 Å². The fourth-order valence-corrected chi connectivity index (χ4v) is 4.50. The second-order valence-corrected chi connectivity index (χ2v) is 7.92. The first kappa shape index (κ1) is 18.2. The molecule has 2 saturated heterocycles. The fraction of sp³-hybridized carbons (Fsp3) is 0.455. The van der Waals surface area contributed by atoms with E-state index < -0.39 is 6.10 Å². The molecule has 7 nitrogen and oxygen atoms in total. The standard InChI is InChI=1S/C22H25N3O4/c26-18-13-25(10-6-17(18)15-3-4-19-20(11-15)29-14-28-19)21-12-16(5-7-23-21)22(27)24-8-1-2-9-24/h3-5,7,11-12,17-18,26H,1-2,6,8-10,13-14H2/t17-,18+/m0/s1. The number of β-amino-alcohol motifs (C(OH)–C–C–N with tert-alkyl or cyclic N) is 1. The van der Waals surface area contributed by atoms with Crippen LogP contribution in [-0.4, -0.2) is 60.0 Å². The Labute approximate surface area is 169 Å². The molecule has 0 radical (unpaired) electrons. The van der Waals surface area contributed by atoms with E-state index in [1.54, 1.807) is 12.3 Å². The van der Waals surface area contributed by atoms with Gasteiger partial charge in [0.2, 0.25) is 6.79 Å². The summed E-state index contributed by atoms with van der Waals surface area (Å²) in [5.41, 5.74) is 1.73. The number of likely N-dealkylation sites (tertiary alicyclic amines) is 1. The molecule has 0 aliphatic carbocycles. The van der Waals surface area contributed by atoms with E-state index in [-0.39, 0.29) is 18.6 Å². The molecule has 2 aromatic rings. The van der Waals surface area contributed by atoms with E-state index in [0.29, 0.717) is 12.1 Å². The Morgan fingerprint density at radius 1 is 1.07 bits per heavy atom. The highest BCUT2D eigenvalue weighted by Crippen LogP contribution is 2.38. The Kier molecular flexibility index (Phi) is 4.75. The van der Waals surface area contributed by atoms with Crippen LogP contribution in [0.1, 0.15) is 41.1 Å². The van der Waals surface area contributed by atoms with E-state index in [1.807, 2.05) is 29.2 Å². The lowest BCUT2D eigenvalue weighted by molar-refractivity contribution is 0.0792. The summed E-state index contributed by atoms with van der Waals surface area (Å²) in [7, 11) is 0. The SMILES string of the molecule is O=C(c1ccnc(N2CC[C@@H](c3ccc4c(c3)OCO4)[C@H](O)C2)c1)N1CCCC1. The minimum absolute atomic E-state index is 0.0372. The van der Waals surface area contributed by atoms with Crippen molar-refractivity contribution in [3.63, 3.8) is 0 Å². The number of hydrogen-bond donors (Lipinski definition) is 1. The van der Waals surface area contributed by atoms with Crippen LogP contribution in [0.15, 0.2) is 36.5 Å². The van der Waals surface area contributed by atoms with E-state index in [2.05, 4.69) is 9.88 Å². The number of fused-ring (bicyclic) bond motifs is 1. The number of carbonyl (C=O) groups is 1. The number of pyridine rings is 1. The summed E-state index contributed by atoms with van der Waals surface area (Å²) >= 11 is 0. The Hall–Kier alpha value is -2.80. The number of aliphatic hydroxyl groups is 1. The minimum atomic E-state index is -0.524. The number of carbonyl (C=O) groups excluding carboxylic acids is 1. The molecule has 4 heterocycles. The number of aromatic nitrogens is 1. The van der Waals surface area contributed by atoms with E-state index in [9.17, 15) is 9.90 Å². The monoisotopic (exact) mass is 395 g/mol. The van der Waals surface area contributed by atoms with Gasteiger partial charge in [-0.25, -0.2) is 4.98 Å². The largest absolute Gasteiger partial charge is 0.454 e. The molecule has 1 aromatic heterocycles. The topological polar surface area (TPSA) is 75.1 Å². The van der Waals surface area contributed by atoms with Gasteiger partial charge in [-0.15, -0.1) is 0 Å². The zero-order valence-corrected chi connectivity index (χ0v) is 16.3. The Balaban J connectivity index is 1.29. The Morgan fingerprint density at radius 2 is 1.90 bits per heavy atom. The summed E-state index contributed by atoms with van der Waals surface area (Å²) in [6.45, 7) is 3.15. The molecule has 0 bridgehead atoms. The summed E-state index contributed by atoms with van der Waals surface area (Å²) in [6, 6.07) is 9.52. The average molecular weight is 395 g/mol. The smallest absolute Gasteiger partial charge is 0.254 e. The number of anilines is 1. The molecule has 29 heavy (non-hydrogen) atoms. The number of rotatable bonds is 3. The zero-order valence-electron chi connectivity index (χ0n) is 16.3. The van der Waals surface area contributed by atoms with Gasteiger partial charge < -0.3 is 24.4 Å². The molecule has 7 heteroatoms. The van der Waals surface area contributed by atoms with Crippen molar-refractivity contribution in [2.45, 2.75) is 31.3 Å². The zero-order chi connectivity index (χ0) is 19.8. The van der Waals surface area contributed by atoms with Crippen LogP contribution < -0.4 is 14.4 Å². The predicted octanol–water partition coefficient (Wildman–Crippen LogP) is 2.40. The first-order chi connectivity index (χ1) is 14.2. The summed E-state index contributed by atoms with van der Waals surface area (Å²) < 4.78 is 10.9. The van der Waals surface area contributed by atoms with Crippen molar-refractivity contribution in [1.29, 1.82) is 0 Å². The van der Waals surface area contributed by atoms with Gasteiger partial charge in [0.25, 0.3) is 5.91 Å². The number of ether oxygens (including phenoxy) is 2. The van der Waals surface area contributed by atoms with Crippen molar-refractivity contribution in [1.82, 2.24) is 9.88 Å². The molecule has 0 saturated carbocycles. The summed E-state index contributed by atoms with van der Waals surface area (Å²) in [6.07, 6.45) is 4.11. The first-order valence-electron chi connectivity index (χ1n) is 10.3.